The third kappa shape index (κ3) is 2.27. The van der Waals surface area contributed by atoms with Crippen LogP contribution in [0.15, 0.2) is 57.6 Å². The van der Waals surface area contributed by atoms with Crippen LogP contribution < -0.4 is 0 Å². The summed E-state index contributed by atoms with van der Waals surface area (Å²) in [5.74, 6) is 0.669. The van der Waals surface area contributed by atoms with Gasteiger partial charge in [-0.05, 0) is 60.4 Å². The fraction of sp³-hybridized carbons (Fsp3) is 0.269. The zero-order chi connectivity index (χ0) is 19.8. The lowest BCUT2D eigenvalue weighted by atomic mass is 9.71. The average molecular weight is 381 g/mol. The average Bonchev–Trinajstić information content (AvgIpc) is 3.32. The Hall–Kier alpha value is -3.07. The second kappa shape index (κ2) is 5.73. The van der Waals surface area contributed by atoms with Gasteiger partial charge < -0.3 is 8.83 Å². The summed E-state index contributed by atoms with van der Waals surface area (Å²) < 4.78 is 12.5. The molecule has 0 radical (unpaired) electrons. The molecule has 0 N–H and O–H groups in total. The van der Waals surface area contributed by atoms with Crippen LogP contribution in [-0.2, 0) is 11.8 Å². The molecule has 0 fully saturated rings. The topological polar surface area (TPSA) is 39.2 Å². The molecule has 0 amide bonds. The molecule has 0 unspecified atom stereocenters. The summed E-state index contributed by atoms with van der Waals surface area (Å²) in [6.45, 7) is 6.77. The van der Waals surface area contributed by atoms with Crippen LogP contribution in [0.2, 0.25) is 0 Å². The van der Waals surface area contributed by atoms with Crippen molar-refractivity contribution in [2.75, 3.05) is 0 Å². The zero-order valence-corrected chi connectivity index (χ0v) is 17.0. The quantitative estimate of drug-likeness (QED) is 0.305. The van der Waals surface area contributed by atoms with Gasteiger partial charge in [-0.2, -0.15) is 0 Å². The van der Waals surface area contributed by atoms with Crippen LogP contribution in [-0.4, -0.2) is 4.98 Å². The van der Waals surface area contributed by atoms with Gasteiger partial charge in [-0.25, -0.2) is 4.98 Å². The van der Waals surface area contributed by atoms with Crippen molar-refractivity contribution in [2.24, 2.45) is 0 Å². The maximum absolute atomic E-state index is 6.48. The van der Waals surface area contributed by atoms with E-state index in [1.165, 1.54) is 29.4 Å². The third-order valence-corrected chi connectivity index (χ3v) is 6.60. The van der Waals surface area contributed by atoms with Gasteiger partial charge in [0.05, 0.1) is 11.6 Å². The second-order valence-corrected chi connectivity index (χ2v) is 8.94. The summed E-state index contributed by atoms with van der Waals surface area (Å²) >= 11 is 0. The van der Waals surface area contributed by atoms with E-state index in [-0.39, 0.29) is 5.41 Å². The summed E-state index contributed by atoms with van der Waals surface area (Å²) in [6, 6.07) is 14.7. The molecule has 0 bridgehead atoms. The van der Waals surface area contributed by atoms with E-state index in [0.29, 0.717) is 5.89 Å². The lowest BCUT2D eigenvalue weighted by molar-refractivity contribution is 0.433. The molecular weight excluding hydrogens is 358 g/mol. The number of fused-ring (bicyclic) bond motifs is 8. The van der Waals surface area contributed by atoms with E-state index < -0.39 is 0 Å². The third-order valence-electron chi connectivity index (χ3n) is 6.60. The molecular formula is C26H23NO2. The predicted molar refractivity (Wildman–Crippen MR) is 117 cm³/mol. The Morgan fingerprint density at radius 2 is 1.79 bits per heavy atom. The van der Waals surface area contributed by atoms with Gasteiger partial charge in [0, 0.05) is 16.3 Å². The molecule has 3 nitrogen and oxygen atoms in total. The molecule has 29 heavy (non-hydrogen) atoms. The number of hydrogen-bond acceptors (Lipinski definition) is 3. The number of rotatable bonds is 1. The second-order valence-electron chi connectivity index (χ2n) is 8.94. The number of oxazole rings is 1. The van der Waals surface area contributed by atoms with Crippen molar-refractivity contribution in [3.63, 3.8) is 0 Å². The standard InChI is InChI=1S/C26H23NO2/c1-15-14-28-23-18-11-12-19-17(10-7-13-26(19,2)3)21(18)24-22(20(15)23)27-25(29-24)16-8-5-4-6-9-16/h4-6,8-9,11-12,14H,7,10,13H2,1-3H3. The molecule has 0 spiro atoms. The summed E-state index contributed by atoms with van der Waals surface area (Å²) in [5, 5.41) is 3.38. The van der Waals surface area contributed by atoms with Crippen LogP contribution in [0.3, 0.4) is 0 Å². The highest BCUT2D eigenvalue weighted by Crippen LogP contribution is 2.46. The first-order chi connectivity index (χ1) is 14.0. The van der Waals surface area contributed by atoms with E-state index >= 15 is 0 Å². The molecule has 1 aliphatic rings. The Balaban J connectivity index is 1.82. The summed E-state index contributed by atoms with van der Waals surface area (Å²) in [5.41, 5.74) is 7.82. The van der Waals surface area contributed by atoms with Crippen molar-refractivity contribution in [1.82, 2.24) is 4.98 Å². The minimum Gasteiger partial charge on any atom is -0.463 e. The fourth-order valence-electron chi connectivity index (χ4n) is 5.13. The Kier molecular flexibility index (Phi) is 3.33. The van der Waals surface area contributed by atoms with Crippen LogP contribution in [0.1, 0.15) is 43.4 Å². The van der Waals surface area contributed by atoms with E-state index in [0.717, 1.165) is 45.0 Å². The van der Waals surface area contributed by atoms with Gasteiger partial charge in [-0.3, -0.25) is 0 Å². The number of benzene rings is 3. The SMILES string of the molecule is Cc1coc2c3ccc4c(c3c3oc(-c5ccccc5)nc3c12)CCCC4(C)C. The van der Waals surface area contributed by atoms with Gasteiger partial charge in [-0.15, -0.1) is 0 Å². The van der Waals surface area contributed by atoms with E-state index in [4.69, 9.17) is 13.8 Å². The van der Waals surface area contributed by atoms with E-state index in [1.807, 2.05) is 36.6 Å². The highest BCUT2D eigenvalue weighted by atomic mass is 16.4. The largest absolute Gasteiger partial charge is 0.463 e. The Bertz CT molecular complexity index is 1400. The van der Waals surface area contributed by atoms with Crippen molar-refractivity contribution < 1.29 is 8.83 Å². The van der Waals surface area contributed by atoms with Crippen LogP contribution in [0, 0.1) is 6.92 Å². The molecule has 6 rings (SSSR count). The smallest absolute Gasteiger partial charge is 0.227 e. The Morgan fingerprint density at radius 1 is 0.966 bits per heavy atom. The van der Waals surface area contributed by atoms with Gasteiger partial charge in [0.25, 0.3) is 0 Å². The zero-order valence-electron chi connectivity index (χ0n) is 17.0. The van der Waals surface area contributed by atoms with Crippen molar-refractivity contribution in [3.8, 4) is 11.5 Å². The Labute approximate surface area is 169 Å². The van der Waals surface area contributed by atoms with Crippen molar-refractivity contribution in [2.45, 2.75) is 45.4 Å². The van der Waals surface area contributed by atoms with Crippen LogP contribution >= 0.6 is 0 Å². The monoisotopic (exact) mass is 381 g/mol. The molecule has 2 heterocycles. The van der Waals surface area contributed by atoms with Gasteiger partial charge in [-0.1, -0.05) is 44.2 Å². The summed E-state index contributed by atoms with van der Waals surface area (Å²) in [4.78, 5) is 4.95. The number of aryl methyl sites for hydroxylation is 2. The number of furan rings is 1. The van der Waals surface area contributed by atoms with Gasteiger partial charge in [0.15, 0.2) is 5.58 Å². The minimum absolute atomic E-state index is 0.171. The maximum Gasteiger partial charge on any atom is 0.227 e. The number of nitrogens with zero attached hydrogens (tertiary/aromatic N) is 1. The van der Waals surface area contributed by atoms with Crippen molar-refractivity contribution in [3.05, 3.63) is 65.4 Å². The van der Waals surface area contributed by atoms with E-state index in [9.17, 15) is 0 Å². The molecule has 5 aromatic rings. The molecule has 3 aromatic carbocycles. The first kappa shape index (κ1) is 16.8. The van der Waals surface area contributed by atoms with Crippen LogP contribution in [0.5, 0.6) is 0 Å². The molecule has 0 atom stereocenters. The van der Waals surface area contributed by atoms with Crippen LogP contribution in [0.25, 0.3) is 44.3 Å². The lowest BCUT2D eigenvalue weighted by Crippen LogP contribution is -2.23. The van der Waals surface area contributed by atoms with Crippen molar-refractivity contribution in [1.29, 1.82) is 0 Å². The highest BCUT2D eigenvalue weighted by molar-refractivity contribution is 6.23. The maximum atomic E-state index is 6.48. The summed E-state index contributed by atoms with van der Waals surface area (Å²) in [7, 11) is 0. The van der Waals surface area contributed by atoms with E-state index in [1.54, 1.807) is 0 Å². The van der Waals surface area contributed by atoms with Gasteiger partial charge in [0.1, 0.15) is 11.1 Å². The number of hydrogen-bond donors (Lipinski definition) is 0. The first-order valence-corrected chi connectivity index (χ1v) is 10.4. The van der Waals surface area contributed by atoms with Crippen LogP contribution in [0.4, 0.5) is 0 Å². The van der Waals surface area contributed by atoms with Crippen molar-refractivity contribution >= 4 is 32.8 Å². The van der Waals surface area contributed by atoms with Gasteiger partial charge >= 0.3 is 0 Å². The van der Waals surface area contributed by atoms with E-state index in [2.05, 4.69) is 32.9 Å². The molecule has 0 saturated carbocycles. The molecule has 0 saturated heterocycles. The summed E-state index contributed by atoms with van der Waals surface area (Å²) in [6.07, 6.45) is 5.31. The molecule has 144 valence electrons. The first-order valence-electron chi connectivity index (χ1n) is 10.4. The molecule has 0 aliphatic heterocycles. The molecule has 3 heteroatoms. The Morgan fingerprint density at radius 3 is 2.62 bits per heavy atom. The fourth-order valence-corrected chi connectivity index (χ4v) is 5.13. The predicted octanol–water partition coefficient (Wildman–Crippen LogP) is 7.32. The normalized spacial score (nSPS) is 16.0. The number of aromatic nitrogens is 1. The molecule has 2 aromatic heterocycles. The highest BCUT2D eigenvalue weighted by Gasteiger charge is 2.31. The lowest BCUT2D eigenvalue weighted by Gasteiger charge is -2.33. The van der Waals surface area contributed by atoms with Gasteiger partial charge in [0.2, 0.25) is 5.89 Å². The molecule has 1 aliphatic carbocycles. The minimum atomic E-state index is 0.171.